The van der Waals surface area contributed by atoms with Crippen molar-refractivity contribution in [3.8, 4) is 10.8 Å². The van der Waals surface area contributed by atoms with Crippen LogP contribution >= 0.6 is 22.9 Å². The van der Waals surface area contributed by atoms with Crippen LogP contribution in [0.1, 0.15) is 36.1 Å². The summed E-state index contributed by atoms with van der Waals surface area (Å²) in [4.78, 5) is 44.3. The standard InChI is InChI=1S/C23H14ClN3O4S/c1-12-19(26-21(32-12)18-7-4-10-31-18)20(28)25-13-8-9-17(16(24)11-13)27-22(29)14-5-2-3-6-15(14)23(27)30/h2-11H,1H3,(H,25,28). The Morgan fingerprint density at radius 2 is 1.78 bits per heavy atom. The molecule has 1 N–H and O–H groups in total. The molecule has 0 aliphatic carbocycles. The first-order valence-corrected chi connectivity index (χ1v) is 10.7. The molecule has 158 valence electrons. The number of furan rings is 1. The zero-order valence-corrected chi connectivity index (χ0v) is 18.2. The average molecular weight is 464 g/mol. The molecule has 0 saturated carbocycles. The number of anilines is 2. The Balaban J connectivity index is 1.38. The molecule has 7 nitrogen and oxygen atoms in total. The zero-order valence-electron chi connectivity index (χ0n) is 16.6. The fourth-order valence-corrected chi connectivity index (χ4v) is 4.62. The molecule has 3 heterocycles. The Labute approximate surface area is 191 Å². The SMILES string of the molecule is Cc1sc(-c2ccco2)nc1C(=O)Nc1ccc(N2C(=O)c3ccccc3C2=O)c(Cl)c1. The van der Waals surface area contributed by atoms with Crippen LogP contribution in [-0.2, 0) is 0 Å². The Morgan fingerprint density at radius 1 is 1.06 bits per heavy atom. The molecule has 5 rings (SSSR count). The number of aromatic nitrogens is 1. The number of hydrogen-bond acceptors (Lipinski definition) is 6. The van der Waals surface area contributed by atoms with E-state index in [2.05, 4.69) is 10.3 Å². The number of carbonyl (C=O) groups excluding carboxylic acids is 3. The number of thiazole rings is 1. The van der Waals surface area contributed by atoms with Gasteiger partial charge in [0, 0.05) is 10.6 Å². The van der Waals surface area contributed by atoms with E-state index in [0.29, 0.717) is 27.6 Å². The van der Waals surface area contributed by atoms with Crippen molar-refractivity contribution in [2.75, 3.05) is 10.2 Å². The van der Waals surface area contributed by atoms with Crippen molar-refractivity contribution in [3.05, 3.63) is 87.6 Å². The molecule has 0 unspecified atom stereocenters. The zero-order chi connectivity index (χ0) is 22.4. The van der Waals surface area contributed by atoms with Crippen molar-refractivity contribution in [2.45, 2.75) is 6.92 Å². The van der Waals surface area contributed by atoms with Crippen LogP contribution in [0.4, 0.5) is 11.4 Å². The summed E-state index contributed by atoms with van der Waals surface area (Å²) in [6.45, 7) is 1.80. The van der Waals surface area contributed by atoms with Crippen LogP contribution in [0.5, 0.6) is 0 Å². The highest BCUT2D eigenvalue weighted by Gasteiger charge is 2.37. The Hall–Kier alpha value is -3.75. The second-order valence-electron chi connectivity index (χ2n) is 7.01. The fourth-order valence-electron chi connectivity index (χ4n) is 3.48. The maximum Gasteiger partial charge on any atom is 0.275 e. The number of aryl methyl sites for hydroxylation is 1. The smallest absolute Gasteiger partial charge is 0.275 e. The fraction of sp³-hybridized carbons (Fsp3) is 0.0435. The minimum absolute atomic E-state index is 0.156. The number of nitrogens with one attached hydrogen (secondary N) is 1. The van der Waals surface area contributed by atoms with Gasteiger partial charge in [0.15, 0.2) is 10.8 Å². The minimum Gasteiger partial charge on any atom is -0.462 e. The number of benzene rings is 2. The van der Waals surface area contributed by atoms with Gasteiger partial charge in [0.1, 0.15) is 5.69 Å². The first kappa shape index (κ1) is 20.2. The molecule has 32 heavy (non-hydrogen) atoms. The van der Waals surface area contributed by atoms with Crippen LogP contribution in [0.2, 0.25) is 5.02 Å². The largest absolute Gasteiger partial charge is 0.462 e. The average Bonchev–Trinajstić information content (AvgIpc) is 3.49. The molecule has 0 fully saturated rings. The van der Waals surface area contributed by atoms with Crippen LogP contribution in [0, 0.1) is 6.92 Å². The number of hydrogen-bond donors (Lipinski definition) is 1. The molecule has 3 amide bonds. The van der Waals surface area contributed by atoms with Gasteiger partial charge in [0.2, 0.25) is 0 Å². The van der Waals surface area contributed by atoms with Crippen molar-refractivity contribution in [2.24, 2.45) is 0 Å². The van der Waals surface area contributed by atoms with Gasteiger partial charge in [-0.15, -0.1) is 11.3 Å². The molecule has 1 aliphatic heterocycles. The molecule has 2 aromatic heterocycles. The lowest BCUT2D eigenvalue weighted by molar-refractivity contribution is 0.0924. The number of amides is 3. The molecular weight excluding hydrogens is 450 g/mol. The molecule has 2 aromatic carbocycles. The summed E-state index contributed by atoms with van der Waals surface area (Å²) in [7, 11) is 0. The predicted octanol–water partition coefficient (Wildman–Crippen LogP) is 5.42. The van der Waals surface area contributed by atoms with E-state index < -0.39 is 17.7 Å². The van der Waals surface area contributed by atoms with Crippen LogP contribution < -0.4 is 10.2 Å². The third-order valence-corrected chi connectivity index (χ3v) is 6.27. The van der Waals surface area contributed by atoms with Crippen molar-refractivity contribution in [3.63, 3.8) is 0 Å². The Kier molecular flexibility index (Phi) is 4.88. The van der Waals surface area contributed by atoms with Gasteiger partial charge in [-0.3, -0.25) is 14.4 Å². The van der Waals surface area contributed by atoms with Gasteiger partial charge in [-0.05, 0) is 49.4 Å². The number of nitrogens with zero attached hydrogens (tertiary/aromatic N) is 2. The third kappa shape index (κ3) is 3.30. The van der Waals surface area contributed by atoms with E-state index in [1.165, 1.54) is 23.5 Å². The van der Waals surface area contributed by atoms with Crippen molar-refractivity contribution in [1.82, 2.24) is 4.98 Å². The molecule has 1 aliphatic rings. The molecule has 0 bridgehead atoms. The van der Waals surface area contributed by atoms with E-state index in [-0.39, 0.29) is 16.4 Å². The maximum absolute atomic E-state index is 12.8. The lowest BCUT2D eigenvalue weighted by Gasteiger charge is -2.16. The Bertz CT molecular complexity index is 1360. The summed E-state index contributed by atoms with van der Waals surface area (Å²) >= 11 is 7.75. The summed E-state index contributed by atoms with van der Waals surface area (Å²) in [5.74, 6) is -0.688. The third-order valence-electron chi connectivity index (χ3n) is 4.98. The highest BCUT2D eigenvalue weighted by atomic mass is 35.5. The summed E-state index contributed by atoms with van der Waals surface area (Å²) < 4.78 is 5.34. The Morgan fingerprint density at radius 3 is 2.41 bits per heavy atom. The van der Waals surface area contributed by atoms with Crippen LogP contribution in [0.25, 0.3) is 10.8 Å². The highest BCUT2D eigenvalue weighted by Crippen LogP contribution is 2.35. The first-order valence-electron chi connectivity index (χ1n) is 9.54. The second kappa shape index (κ2) is 7.74. The molecule has 0 saturated heterocycles. The van der Waals surface area contributed by atoms with E-state index in [1.807, 2.05) is 0 Å². The molecule has 0 radical (unpaired) electrons. The highest BCUT2D eigenvalue weighted by molar-refractivity contribution is 7.15. The van der Waals surface area contributed by atoms with Gasteiger partial charge in [-0.1, -0.05) is 23.7 Å². The number of imide groups is 1. The number of rotatable bonds is 4. The second-order valence-corrected chi connectivity index (χ2v) is 8.62. The number of fused-ring (bicyclic) bond motifs is 1. The van der Waals surface area contributed by atoms with Gasteiger partial charge < -0.3 is 9.73 Å². The number of halogens is 1. The number of carbonyl (C=O) groups is 3. The van der Waals surface area contributed by atoms with Crippen molar-refractivity contribution < 1.29 is 18.8 Å². The van der Waals surface area contributed by atoms with Crippen molar-refractivity contribution >= 4 is 52.0 Å². The van der Waals surface area contributed by atoms with E-state index in [4.69, 9.17) is 16.0 Å². The van der Waals surface area contributed by atoms with Crippen LogP contribution in [0.3, 0.4) is 0 Å². The normalized spacial score (nSPS) is 12.9. The molecular formula is C23H14ClN3O4S. The molecule has 9 heteroatoms. The van der Waals surface area contributed by atoms with Gasteiger partial charge in [-0.2, -0.15) is 0 Å². The summed E-state index contributed by atoms with van der Waals surface area (Å²) in [5.41, 5.74) is 1.60. The maximum atomic E-state index is 12.8. The predicted molar refractivity (Wildman–Crippen MR) is 122 cm³/mol. The summed E-state index contributed by atoms with van der Waals surface area (Å²) in [5, 5.41) is 3.52. The van der Waals surface area contributed by atoms with Gasteiger partial charge in [-0.25, -0.2) is 9.88 Å². The van der Waals surface area contributed by atoms with Gasteiger partial charge in [0.25, 0.3) is 17.7 Å². The van der Waals surface area contributed by atoms with E-state index in [1.54, 1.807) is 55.7 Å². The summed E-state index contributed by atoms with van der Waals surface area (Å²) in [6.07, 6.45) is 1.55. The monoisotopic (exact) mass is 463 g/mol. The topological polar surface area (TPSA) is 92.5 Å². The molecule has 4 aromatic rings. The first-order chi connectivity index (χ1) is 15.4. The van der Waals surface area contributed by atoms with Crippen molar-refractivity contribution in [1.29, 1.82) is 0 Å². The van der Waals surface area contributed by atoms with E-state index in [0.717, 1.165) is 9.78 Å². The quantitative estimate of drug-likeness (QED) is 0.408. The minimum atomic E-state index is -0.437. The lowest BCUT2D eigenvalue weighted by atomic mass is 10.1. The van der Waals surface area contributed by atoms with Crippen LogP contribution in [-0.4, -0.2) is 22.7 Å². The summed E-state index contributed by atoms with van der Waals surface area (Å²) in [6, 6.07) is 14.7. The van der Waals surface area contributed by atoms with Gasteiger partial charge in [0.05, 0.1) is 28.1 Å². The van der Waals surface area contributed by atoms with Gasteiger partial charge >= 0.3 is 0 Å². The lowest BCUT2D eigenvalue weighted by Crippen LogP contribution is -2.29. The molecule has 0 spiro atoms. The van der Waals surface area contributed by atoms with E-state index in [9.17, 15) is 14.4 Å². The van der Waals surface area contributed by atoms with E-state index >= 15 is 0 Å². The van der Waals surface area contributed by atoms with Crippen LogP contribution in [0.15, 0.2) is 65.3 Å². The molecule has 0 atom stereocenters.